The largest absolute Gasteiger partial charge is 0.364 e. The minimum atomic E-state index is 1.10. The number of aryl methyl sites for hydroxylation is 1. The molecule has 2 rings (SSSR count). The number of aromatic nitrogens is 1. The molecule has 1 aromatic carbocycles. The highest BCUT2D eigenvalue weighted by Crippen LogP contribution is 2.30. The minimum absolute atomic E-state index is 1.10. The fraction of sp³-hybridized carbons (Fsp3) is 0.467. The van der Waals surface area contributed by atoms with E-state index in [1.807, 2.05) is 0 Å². The number of halogens is 1. The van der Waals surface area contributed by atoms with Crippen LogP contribution in [-0.2, 0) is 6.42 Å². The summed E-state index contributed by atoms with van der Waals surface area (Å²) < 4.78 is 1.12. The smallest absolute Gasteiger partial charge is 0.109 e. The molecule has 0 amide bonds. The number of hydrogen-bond acceptors (Lipinski definition) is 2. The van der Waals surface area contributed by atoms with E-state index in [9.17, 15) is 0 Å². The van der Waals surface area contributed by atoms with Crippen LogP contribution in [0.25, 0.3) is 10.9 Å². The maximum absolute atomic E-state index is 3.53. The van der Waals surface area contributed by atoms with Gasteiger partial charge >= 0.3 is 0 Å². The van der Waals surface area contributed by atoms with E-state index in [2.05, 4.69) is 77.1 Å². The van der Waals surface area contributed by atoms with E-state index in [1.165, 1.54) is 28.7 Å². The molecule has 0 atom stereocenters. The maximum Gasteiger partial charge on any atom is 0.109 e. The second kappa shape index (κ2) is 5.97. The molecular formula is C15H22BrN3. The van der Waals surface area contributed by atoms with Gasteiger partial charge in [0.1, 0.15) is 5.82 Å². The van der Waals surface area contributed by atoms with Crippen LogP contribution in [-0.4, -0.2) is 44.6 Å². The Balaban J connectivity index is 2.35. The highest BCUT2D eigenvalue weighted by atomic mass is 79.9. The van der Waals surface area contributed by atoms with Gasteiger partial charge in [0, 0.05) is 35.0 Å². The third kappa shape index (κ3) is 3.31. The Morgan fingerprint density at radius 2 is 1.89 bits per heavy atom. The summed E-state index contributed by atoms with van der Waals surface area (Å²) in [6, 6.07) is 6.47. The molecule has 1 aromatic heterocycles. The van der Waals surface area contributed by atoms with Crippen molar-refractivity contribution in [3.63, 3.8) is 0 Å². The monoisotopic (exact) mass is 323 g/mol. The normalized spacial score (nSPS) is 11.5. The van der Waals surface area contributed by atoms with Crippen molar-refractivity contribution < 1.29 is 0 Å². The Labute approximate surface area is 123 Å². The zero-order valence-electron chi connectivity index (χ0n) is 12.1. The Morgan fingerprint density at radius 1 is 1.16 bits per heavy atom. The van der Waals surface area contributed by atoms with E-state index < -0.39 is 0 Å². The van der Waals surface area contributed by atoms with Gasteiger partial charge in [-0.1, -0.05) is 22.0 Å². The molecule has 0 unspecified atom stereocenters. The summed E-state index contributed by atoms with van der Waals surface area (Å²) in [6.45, 7) is 1.12. The van der Waals surface area contributed by atoms with Crippen molar-refractivity contribution in [2.75, 3.05) is 39.6 Å². The first-order valence-electron chi connectivity index (χ1n) is 6.61. The lowest BCUT2D eigenvalue weighted by Gasteiger charge is -2.14. The molecule has 0 bridgehead atoms. The lowest BCUT2D eigenvalue weighted by atomic mass is 10.1. The van der Waals surface area contributed by atoms with E-state index in [1.54, 1.807) is 0 Å². The summed E-state index contributed by atoms with van der Waals surface area (Å²) in [5.74, 6) is 1.23. The van der Waals surface area contributed by atoms with Crippen molar-refractivity contribution in [2.45, 2.75) is 12.8 Å². The van der Waals surface area contributed by atoms with E-state index in [0.29, 0.717) is 0 Å². The van der Waals surface area contributed by atoms with Crippen LogP contribution in [0.4, 0.5) is 5.82 Å². The Kier molecular flexibility index (Phi) is 4.53. The Morgan fingerprint density at radius 3 is 2.53 bits per heavy atom. The quantitative estimate of drug-likeness (QED) is 0.909. The second-order valence-corrected chi connectivity index (χ2v) is 6.36. The first-order valence-corrected chi connectivity index (χ1v) is 7.40. The lowest BCUT2D eigenvalue weighted by molar-refractivity contribution is 0.400. The van der Waals surface area contributed by atoms with Gasteiger partial charge in [0.05, 0.1) is 0 Å². The van der Waals surface area contributed by atoms with E-state index >= 15 is 0 Å². The Hall–Kier alpha value is -1.000. The van der Waals surface area contributed by atoms with Crippen molar-refractivity contribution in [1.82, 2.24) is 9.88 Å². The molecule has 0 saturated carbocycles. The zero-order chi connectivity index (χ0) is 14.0. The van der Waals surface area contributed by atoms with Crippen LogP contribution in [0.3, 0.4) is 0 Å². The summed E-state index contributed by atoms with van der Waals surface area (Å²) in [5, 5.41) is 1.34. The molecule has 4 heteroatoms. The predicted molar refractivity (Wildman–Crippen MR) is 87.2 cm³/mol. The molecule has 0 fully saturated rings. The van der Waals surface area contributed by atoms with Gasteiger partial charge in [0.25, 0.3) is 0 Å². The van der Waals surface area contributed by atoms with Crippen LogP contribution < -0.4 is 4.90 Å². The standard InChI is InChI=1S/C15H22BrN3/c1-18(2)9-5-6-13-12-8-7-11(16)10-14(12)17-15(13)19(3)4/h7-8,10,17H,5-6,9H2,1-4H3. The SMILES string of the molecule is CN(C)CCCc1c(N(C)C)[nH]c2cc(Br)ccc12. The van der Waals surface area contributed by atoms with Crippen molar-refractivity contribution in [1.29, 1.82) is 0 Å². The van der Waals surface area contributed by atoms with Crippen LogP contribution in [0.2, 0.25) is 0 Å². The molecule has 0 saturated heterocycles. The van der Waals surface area contributed by atoms with Gasteiger partial charge in [-0.15, -0.1) is 0 Å². The number of rotatable bonds is 5. The molecule has 0 aliphatic heterocycles. The highest BCUT2D eigenvalue weighted by Gasteiger charge is 2.13. The number of nitrogens with zero attached hydrogens (tertiary/aromatic N) is 2. The first-order chi connectivity index (χ1) is 8.99. The van der Waals surface area contributed by atoms with Crippen LogP contribution in [0, 0.1) is 0 Å². The fourth-order valence-corrected chi connectivity index (χ4v) is 2.78. The van der Waals surface area contributed by atoms with Crippen LogP contribution in [0.15, 0.2) is 22.7 Å². The average molecular weight is 324 g/mol. The molecule has 0 aliphatic rings. The molecule has 3 nitrogen and oxygen atoms in total. The first kappa shape index (κ1) is 14.4. The summed E-state index contributed by atoms with van der Waals surface area (Å²) in [5.41, 5.74) is 2.63. The highest BCUT2D eigenvalue weighted by molar-refractivity contribution is 9.10. The van der Waals surface area contributed by atoms with E-state index in [-0.39, 0.29) is 0 Å². The average Bonchev–Trinajstić information content (AvgIpc) is 2.67. The third-order valence-corrected chi connectivity index (χ3v) is 3.82. The number of benzene rings is 1. The maximum atomic E-state index is 3.53. The molecule has 0 aliphatic carbocycles. The summed E-state index contributed by atoms with van der Waals surface area (Å²) >= 11 is 3.53. The molecule has 19 heavy (non-hydrogen) atoms. The van der Waals surface area contributed by atoms with Gasteiger partial charge in [-0.2, -0.15) is 0 Å². The molecule has 104 valence electrons. The Bertz CT molecular complexity index is 558. The van der Waals surface area contributed by atoms with Gasteiger partial charge in [0.2, 0.25) is 0 Å². The minimum Gasteiger partial charge on any atom is -0.364 e. The zero-order valence-corrected chi connectivity index (χ0v) is 13.7. The van der Waals surface area contributed by atoms with Gasteiger partial charge in [-0.25, -0.2) is 0 Å². The number of anilines is 1. The van der Waals surface area contributed by atoms with E-state index in [0.717, 1.165) is 17.4 Å². The molecule has 0 radical (unpaired) electrons. The van der Waals surface area contributed by atoms with Crippen LogP contribution in [0.5, 0.6) is 0 Å². The molecule has 2 aromatic rings. The number of fused-ring (bicyclic) bond motifs is 1. The van der Waals surface area contributed by atoms with Crippen molar-refractivity contribution in [2.24, 2.45) is 0 Å². The number of H-pyrrole nitrogens is 1. The number of hydrogen-bond donors (Lipinski definition) is 1. The van der Waals surface area contributed by atoms with Gasteiger partial charge in [-0.05, 0) is 45.6 Å². The summed E-state index contributed by atoms with van der Waals surface area (Å²) in [6.07, 6.45) is 2.28. The van der Waals surface area contributed by atoms with Gasteiger partial charge < -0.3 is 14.8 Å². The molecule has 0 spiro atoms. The second-order valence-electron chi connectivity index (χ2n) is 5.44. The third-order valence-electron chi connectivity index (χ3n) is 3.32. The molecule has 1 heterocycles. The number of aromatic amines is 1. The number of nitrogens with one attached hydrogen (secondary N) is 1. The van der Waals surface area contributed by atoms with Crippen molar-refractivity contribution >= 4 is 32.7 Å². The van der Waals surface area contributed by atoms with Gasteiger partial charge in [-0.3, -0.25) is 0 Å². The van der Waals surface area contributed by atoms with E-state index in [4.69, 9.17) is 0 Å². The van der Waals surface area contributed by atoms with Crippen molar-refractivity contribution in [3.05, 3.63) is 28.2 Å². The van der Waals surface area contributed by atoms with Gasteiger partial charge in [0.15, 0.2) is 0 Å². The van der Waals surface area contributed by atoms with Crippen LogP contribution in [0.1, 0.15) is 12.0 Å². The summed E-state index contributed by atoms with van der Waals surface area (Å²) in [4.78, 5) is 7.93. The predicted octanol–water partition coefficient (Wildman–Crippen LogP) is 3.49. The lowest BCUT2D eigenvalue weighted by Crippen LogP contribution is -2.15. The van der Waals surface area contributed by atoms with Crippen molar-refractivity contribution in [3.8, 4) is 0 Å². The molecular weight excluding hydrogens is 302 g/mol. The topological polar surface area (TPSA) is 22.3 Å². The summed E-state index contributed by atoms with van der Waals surface area (Å²) in [7, 11) is 8.43. The van der Waals surface area contributed by atoms with Crippen LogP contribution >= 0.6 is 15.9 Å². The fourth-order valence-electron chi connectivity index (χ4n) is 2.42. The molecule has 1 N–H and O–H groups in total.